The van der Waals surface area contributed by atoms with Crippen LogP contribution in [-0.4, -0.2) is 42.9 Å². The van der Waals surface area contributed by atoms with Crippen LogP contribution in [0.3, 0.4) is 0 Å². The first-order valence-corrected chi connectivity index (χ1v) is 8.79. The first kappa shape index (κ1) is 20.7. The standard InChI is InChI=1S/C20H20F3N3O3/c1-26(2)14-10-8-12(9-11-14)16-15(17(27)13-6-4-3-5-7-13)19(29,20(21,22)23)25-18(28)24-16/h3-11,15-16,29H,1-2H3,(H2,24,25,28)/t15-,16-,19+/m1/s1. The summed E-state index contributed by atoms with van der Waals surface area (Å²) in [6.07, 6.45) is -5.28. The minimum atomic E-state index is -5.28. The summed E-state index contributed by atoms with van der Waals surface area (Å²) in [6.45, 7) is 0. The van der Waals surface area contributed by atoms with Crippen LogP contribution in [0, 0.1) is 5.92 Å². The van der Waals surface area contributed by atoms with Crippen molar-refractivity contribution in [2.45, 2.75) is 17.9 Å². The second-order valence-electron chi connectivity index (χ2n) is 7.03. The van der Waals surface area contributed by atoms with Crippen molar-refractivity contribution in [3.8, 4) is 0 Å². The highest BCUT2D eigenvalue weighted by atomic mass is 19.4. The summed E-state index contributed by atoms with van der Waals surface area (Å²) in [5, 5.41) is 14.4. The van der Waals surface area contributed by atoms with Crippen LogP contribution in [-0.2, 0) is 0 Å². The van der Waals surface area contributed by atoms with Gasteiger partial charge in [-0.3, -0.25) is 4.79 Å². The highest BCUT2D eigenvalue weighted by Gasteiger charge is 2.66. The van der Waals surface area contributed by atoms with Crippen LogP contribution in [0.2, 0.25) is 0 Å². The van der Waals surface area contributed by atoms with Crippen LogP contribution in [0.4, 0.5) is 23.7 Å². The monoisotopic (exact) mass is 407 g/mol. The molecule has 0 bridgehead atoms. The Balaban J connectivity index is 2.13. The number of nitrogens with one attached hydrogen (secondary N) is 2. The second kappa shape index (κ2) is 7.40. The summed E-state index contributed by atoms with van der Waals surface area (Å²) in [6, 6.07) is 11.1. The van der Waals surface area contributed by atoms with Crippen LogP contribution >= 0.6 is 0 Å². The zero-order valence-corrected chi connectivity index (χ0v) is 15.7. The Morgan fingerprint density at radius 3 is 2.17 bits per heavy atom. The van der Waals surface area contributed by atoms with E-state index >= 15 is 0 Å². The van der Waals surface area contributed by atoms with Crippen molar-refractivity contribution >= 4 is 17.5 Å². The number of Topliss-reactive ketones (excluding diaryl/α,β-unsaturated/α-hetero) is 1. The van der Waals surface area contributed by atoms with Gasteiger partial charge in [-0.1, -0.05) is 42.5 Å². The van der Waals surface area contributed by atoms with E-state index in [1.807, 2.05) is 0 Å². The number of halogens is 3. The number of urea groups is 1. The lowest BCUT2D eigenvalue weighted by molar-refractivity contribution is -0.287. The van der Waals surface area contributed by atoms with Gasteiger partial charge in [-0.15, -0.1) is 0 Å². The van der Waals surface area contributed by atoms with Gasteiger partial charge in [-0.25, -0.2) is 4.79 Å². The van der Waals surface area contributed by atoms with Gasteiger partial charge in [0.2, 0.25) is 5.72 Å². The van der Waals surface area contributed by atoms with Gasteiger partial charge in [0.1, 0.15) is 5.92 Å². The molecule has 0 unspecified atom stereocenters. The van der Waals surface area contributed by atoms with Crippen LogP contribution in [0.25, 0.3) is 0 Å². The average Bonchev–Trinajstić information content (AvgIpc) is 2.67. The summed E-state index contributed by atoms with van der Waals surface area (Å²) in [5.41, 5.74) is -2.69. The normalized spacial score (nSPS) is 24.4. The van der Waals surface area contributed by atoms with Gasteiger partial charge in [-0.05, 0) is 17.7 Å². The van der Waals surface area contributed by atoms with E-state index in [9.17, 15) is 27.9 Å². The predicted octanol–water partition coefficient (Wildman–Crippen LogP) is 2.86. The number of alkyl halides is 3. The maximum absolute atomic E-state index is 13.8. The summed E-state index contributed by atoms with van der Waals surface area (Å²) in [4.78, 5) is 26.9. The number of nitrogens with zero attached hydrogens (tertiary/aromatic N) is 1. The first-order valence-electron chi connectivity index (χ1n) is 8.79. The van der Waals surface area contributed by atoms with Gasteiger partial charge in [0, 0.05) is 25.3 Å². The van der Waals surface area contributed by atoms with Gasteiger partial charge in [0.25, 0.3) is 0 Å². The fourth-order valence-corrected chi connectivity index (χ4v) is 3.38. The molecule has 2 aromatic carbocycles. The third-order valence-electron chi connectivity index (χ3n) is 4.92. The van der Waals surface area contributed by atoms with Crippen LogP contribution in [0.5, 0.6) is 0 Å². The smallest absolute Gasteiger partial charge is 0.378 e. The van der Waals surface area contributed by atoms with Crippen LogP contribution in [0.15, 0.2) is 54.6 Å². The Morgan fingerprint density at radius 2 is 1.66 bits per heavy atom. The summed E-state index contributed by atoms with van der Waals surface area (Å²) in [7, 11) is 3.59. The summed E-state index contributed by atoms with van der Waals surface area (Å²) >= 11 is 0. The van der Waals surface area contributed by atoms with E-state index in [0.29, 0.717) is 0 Å². The number of aliphatic hydroxyl groups is 1. The molecule has 29 heavy (non-hydrogen) atoms. The molecule has 3 rings (SSSR count). The topological polar surface area (TPSA) is 81.7 Å². The second-order valence-corrected chi connectivity index (χ2v) is 7.03. The van der Waals surface area contributed by atoms with E-state index in [4.69, 9.17) is 0 Å². The molecule has 0 aromatic heterocycles. The number of amides is 2. The Bertz CT molecular complexity index is 901. The molecule has 0 spiro atoms. The van der Waals surface area contributed by atoms with E-state index in [1.165, 1.54) is 41.7 Å². The summed E-state index contributed by atoms with van der Waals surface area (Å²) in [5.74, 6) is -2.98. The van der Waals surface area contributed by atoms with E-state index in [2.05, 4.69) is 5.32 Å². The molecule has 2 aromatic rings. The molecule has 1 heterocycles. The molecule has 0 aliphatic carbocycles. The molecule has 1 fully saturated rings. The predicted molar refractivity (Wildman–Crippen MR) is 100 cm³/mol. The molecule has 2 amide bonds. The van der Waals surface area contributed by atoms with E-state index in [-0.39, 0.29) is 11.1 Å². The van der Waals surface area contributed by atoms with Crippen LogP contribution in [0.1, 0.15) is 22.0 Å². The summed E-state index contributed by atoms with van der Waals surface area (Å²) < 4.78 is 41.5. The largest absolute Gasteiger partial charge is 0.437 e. The van der Waals surface area contributed by atoms with Crippen molar-refractivity contribution in [3.05, 3.63) is 65.7 Å². The molecule has 3 atom stereocenters. The minimum absolute atomic E-state index is 0.00645. The third-order valence-corrected chi connectivity index (χ3v) is 4.92. The number of anilines is 1. The van der Waals surface area contributed by atoms with E-state index < -0.39 is 35.7 Å². The number of hydrogen-bond donors (Lipinski definition) is 3. The zero-order chi connectivity index (χ0) is 21.4. The third kappa shape index (κ3) is 3.77. The molecule has 154 valence electrons. The maximum Gasteiger partial charge on any atom is 0.437 e. The van der Waals surface area contributed by atoms with E-state index in [0.717, 1.165) is 5.69 Å². The fourth-order valence-electron chi connectivity index (χ4n) is 3.38. The quantitative estimate of drug-likeness (QED) is 0.681. The van der Waals surface area contributed by atoms with Gasteiger partial charge in [-0.2, -0.15) is 13.2 Å². The zero-order valence-electron chi connectivity index (χ0n) is 15.7. The van der Waals surface area contributed by atoms with Crippen molar-refractivity contribution in [2.75, 3.05) is 19.0 Å². The molecular weight excluding hydrogens is 387 g/mol. The lowest BCUT2D eigenvalue weighted by Gasteiger charge is -2.45. The van der Waals surface area contributed by atoms with Gasteiger partial charge in [0.05, 0.1) is 6.04 Å². The number of rotatable bonds is 4. The van der Waals surface area contributed by atoms with Crippen molar-refractivity contribution in [2.24, 2.45) is 5.92 Å². The van der Waals surface area contributed by atoms with E-state index in [1.54, 1.807) is 37.2 Å². The Hall–Kier alpha value is -3.07. The van der Waals surface area contributed by atoms with Gasteiger partial charge in [0.15, 0.2) is 5.78 Å². The van der Waals surface area contributed by atoms with Crippen molar-refractivity contribution in [1.29, 1.82) is 0 Å². The molecule has 0 saturated carbocycles. The Morgan fingerprint density at radius 1 is 1.07 bits per heavy atom. The molecule has 3 N–H and O–H groups in total. The number of carbonyl (C=O) groups excluding carboxylic acids is 2. The van der Waals surface area contributed by atoms with Crippen molar-refractivity contribution in [3.63, 3.8) is 0 Å². The lowest BCUT2D eigenvalue weighted by atomic mass is 9.77. The SMILES string of the molecule is CN(C)c1ccc([C@H]2NC(=O)N[C@@](O)(C(F)(F)F)[C@H]2C(=O)c2ccccc2)cc1. The maximum atomic E-state index is 13.8. The van der Waals surface area contributed by atoms with Gasteiger partial charge >= 0.3 is 12.2 Å². The number of ketones is 1. The van der Waals surface area contributed by atoms with Crippen molar-refractivity contribution < 1.29 is 27.9 Å². The average molecular weight is 407 g/mol. The number of carbonyl (C=O) groups is 2. The van der Waals surface area contributed by atoms with Crippen molar-refractivity contribution in [1.82, 2.24) is 10.6 Å². The first-order chi connectivity index (χ1) is 13.5. The Kier molecular flexibility index (Phi) is 5.27. The molecular formula is C20H20F3N3O3. The lowest BCUT2D eigenvalue weighted by Crippen LogP contribution is -2.72. The van der Waals surface area contributed by atoms with Crippen LogP contribution < -0.4 is 15.5 Å². The van der Waals surface area contributed by atoms with Gasteiger partial charge < -0.3 is 20.6 Å². The molecule has 1 aliphatic heterocycles. The fraction of sp³-hybridized carbons (Fsp3) is 0.300. The molecule has 1 aliphatic rings. The molecule has 1 saturated heterocycles. The highest BCUT2D eigenvalue weighted by molar-refractivity contribution is 6.00. The molecule has 6 nitrogen and oxygen atoms in total. The molecule has 0 radical (unpaired) electrons. The highest BCUT2D eigenvalue weighted by Crippen LogP contribution is 2.44. The Labute approximate surface area is 165 Å². The number of benzene rings is 2. The number of hydrogen-bond acceptors (Lipinski definition) is 4. The minimum Gasteiger partial charge on any atom is -0.378 e. The molecule has 9 heteroatoms.